The molecular weight excluding hydrogens is 284 g/mol. The van der Waals surface area contributed by atoms with Crippen LogP contribution in [0.15, 0.2) is 49.1 Å². The number of hydrogen-bond donors (Lipinski definition) is 2. The van der Waals surface area contributed by atoms with Gasteiger partial charge in [0.1, 0.15) is 0 Å². The SMILES string of the molecule is N#CN(Cc1ccncc1)C(N)=S.NCc1ccncc1. The first-order chi connectivity index (χ1) is 10.2. The van der Waals surface area contributed by atoms with Gasteiger partial charge in [0.2, 0.25) is 0 Å². The highest BCUT2D eigenvalue weighted by Crippen LogP contribution is 2.01. The number of nitrogens with zero attached hydrogens (tertiary/aromatic N) is 4. The van der Waals surface area contributed by atoms with E-state index >= 15 is 0 Å². The Morgan fingerprint density at radius 2 is 1.57 bits per heavy atom. The molecule has 21 heavy (non-hydrogen) atoms. The molecule has 0 bridgehead atoms. The first kappa shape index (κ1) is 16.5. The Bertz CT molecular complexity index is 581. The van der Waals surface area contributed by atoms with Crippen LogP contribution in [0.5, 0.6) is 0 Å². The molecule has 4 N–H and O–H groups in total. The normalized spacial score (nSPS) is 8.95. The van der Waals surface area contributed by atoms with Crippen LogP contribution in [0, 0.1) is 11.5 Å². The molecular formula is C14H16N6S. The van der Waals surface area contributed by atoms with Crippen molar-refractivity contribution in [1.82, 2.24) is 14.9 Å². The van der Waals surface area contributed by atoms with Crippen molar-refractivity contribution in [2.45, 2.75) is 13.1 Å². The van der Waals surface area contributed by atoms with Gasteiger partial charge >= 0.3 is 0 Å². The van der Waals surface area contributed by atoms with Crippen molar-refractivity contribution < 1.29 is 0 Å². The summed E-state index contributed by atoms with van der Waals surface area (Å²) in [5.74, 6) is 0. The molecule has 0 aromatic carbocycles. The molecule has 2 aromatic rings. The lowest BCUT2D eigenvalue weighted by atomic mass is 10.2. The smallest absolute Gasteiger partial charge is 0.186 e. The second-order valence-electron chi connectivity index (χ2n) is 3.94. The molecule has 0 radical (unpaired) electrons. The Morgan fingerprint density at radius 3 is 1.90 bits per heavy atom. The van der Waals surface area contributed by atoms with Gasteiger partial charge in [0, 0.05) is 31.3 Å². The zero-order chi connectivity index (χ0) is 15.5. The third kappa shape index (κ3) is 6.42. The summed E-state index contributed by atoms with van der Waals surface area (Å²) in [7, 11) is 0. The van der Waals surface area contributed by atoms with E-state index in [0.717, 1.165) is 11.1 Å². The fraction of sp³-hybridized carbons (Fsp3) is 0.143. The van der Waals surface area contributed by atoms with Crippen LogP contribution < -0.4 is 11.5 Å². The predicted molar refractivity (Wildman–Crippen MR) is 84.3 cm³/mol. The molecule has 2 rings (SSSR count). The van der Waals surface area contributed by atoms with E-state index in [1.165, 1.54) is 4.90 Å². The van der Waals surface area contributed by atoms with Crippen LogP contribution in [0.25, 0.3) is 0 Å². The predicted octanol–water partition coefficient (Wildman–Crippen LogP) is 1.15. The van der Waals surface area contributed by atoms with Crippen molar-refractivity contribution in [1.29, 1.82) is 5.26 Å². The number of nitrogens with two attached hydrogens (primary N) is 2. The molecule has 108 valence electrons. The van der Waals surface area contributed by atoms with Crippen molar-refractivity contribution >= 4 is 17.3 Å². The summed E-state index contributed by atoms with van der Waals surface area (Å²) in [5.41, 5.74) is 12.7. The van der Waals surface area contributed by atoms with Crippen LogP contribution in [-0.4, -0.2) is 20.0 Å². The number of hydrogen-bond acceptors (Lipinski definition) is 5. The minimum absolute atomic E-state index is 0.0827. The zero-order valence-electron chi connectivity index (χ0n) is 11.4. The lowest BCUT2D eigenvalue weighted by Crippen LogP contribution is -2.30. The summed E-state index contributed by atoms with van der Waals surface area (Å²) in [6.07, 6.45) is 8.69. The monoisotopic (exact) mass is 300 g/mol. The minimum Gasteiger partial charge on any atom is -0.375 e. The highest BCUT2D eigenvalue weighted by Gasteiger charge is 2.04. The van der Waals surface area contributed by atoms with E-state index in [2.05, 4.69) is 22.2 Å². The lowest BCUT2D eigenvalue weighted by molar-refractivity contribution is 0.575. The fourth-order valence-electron chi connectivity index (χ4n) is 1.35. The molecule has 2 aromatic heterocycles. The van der Waals surface area contributed by atoms with E-state index in [1.54, 1.807) is 24.8 Å². The van der Waals surface area contributed by atoms with Crippen molar-refractivity contribution in [3.05, 3.63) is 60.2 Å². The van der Waals surface area contributed by atoms with Crippen LogP contribution in [0.2, 0.25) is 0 Å². The number of nitriles is 1. The third-order valence-corrected chi connectivity index (χ3v) is 2.68. The highest BCUT2D eigenvalue weighted by atomic mass is 32.1. The van der Waals surface area contributed by atoms with Gasteiger partial charge in [-0.25, -0.2) is 0 Å². The molecule has 7 heteroatoms. The molecule has 0 saturated carbocycles. The van der Waals surface area contributed by atoms with Crippen LogP contribution in [0.3, 0.4) is 0 Å². The van der Waals surface area contributed by atoms with Gasteiger partial charge in [0.05, 0.1) is 6.54 Å². The average Bonchev–Trinajstić information content (AvgIpc) is 2.54. The van der Waals surface area contributed by atoms with Gasteiger partial charge in [-0.05, 0) is 47.6 Å². The van der Waals surface area contributed by atoms with Gasteiger partial charge in [0.25, 0.3) is 0 Å². The van der Waals surface area contributed by atoms with E-state index in [9.17, 15) is 0 Å². The molecule has 0 aliphatic rings. The quantitative estimate of drug-likeness (QED) is 0.497. The maximum atomic E-state index is 8.65. The first-order valence-corrected chi connectivity index (χ1v) is 6.52. The molecule has 2 heterocycles. The second-order valence-corrected chi connectivity index (χ2v) is 4.36. The molecule has 0 amide bonds. The van der Waals surface area contributed by atoms with E-state index in [-0.39, 0.29) is 5.11 Å². The summed E-state index contributed by atoms with van der Waals surface area (Å²) >= 11 is 4.68. The molecule has 0 atom stereocenters. The van der Waals surface area contributed by atoms with Gasteiger partial charge in [-0.3, -0.25) is 14.9 Å². The molecule has 6 nitrogen and oxygen atoms in total. The molecule has 0 spiro atoms. The lowest BCUT2D eigenvalue weighted by Gasteiger charge is -2.12. The molecule has 0 fully saturated rings. The first-order valence-electron chi connectivity index (χ1n) is 6.12. The Hall–Kier alpha value is -2.56. The summed E-state index contributed by atoms with van der Waals surface area (Å²) in [6, 6.07) is 7.42. The Morgan fingerprint density at radius 1 is 1.10 bits per heavy atom. The zero-order valence-corrected chi connectivity index (χ0v) is 12.2. The van der Waals surface area contributed by atoms with E-state index in [1.807, 2.05) is 30.5 Å². The van der Waals surface area contributed by atoms with Crippen molar-refractivity contribution in [3.8, 4) is 6.19 Å². The number of aromatic nitrogens is 2. The maximum Gasteiger partial charge on any atom is 0.186 e. The third-order valence-electron chi connectivity index (χ3n) is 2.46. The van der Waals surface area contributed by atoms with Crippen molar-refractivity contribution in [2.75, 3.05) is 0 Å². The van der Waals surface area contributed by atoms with Gasteiger partial charge < -0.3 is 11.5 Å². The standard InChI is InChI=1S/C8H8N4S.C6H8N2/c9-6-12(8(10)13)5-7-1-3-11-4-2-7;7-5-6-1-3-8-4-2-6/h1-4H,5H2,(H2,10,13);1-4H,5,7H2. The van der Waals surface area contributed by atoms with Gasteiger partial charge in [0.15, 0.2) is 11.3 Å². The summed E-state index contributed by atoms with van der Waals surface area (Å²) in [5, 5.41) is 8.73. The van der Waals surface area contributed by atoms with Gasteiger partial charge in [-0.2, -0.15) is 5.26 Å². The van der Waals surface area contributed by atoms with Crippen LogP contribution >= 0.6 is 12.2 Å². The maximum absolute atomic E-state index is 8.65. The molecule has 0 aliphatic heterocycles. The number of thiocarbonyl (C=S) groups is 1. The summed E-state index contributed by atoms with van der Waals surface area (Å²) in [6.45, 7) is 0.997. The minimum atomic E-state index is 0.0827. The van der Waals surface area contributed by atoms with Gasteiger partial charge in [-0.15, -0.1) is 0 Å². The molecule has 0 aliphatic carbocycles. The summed E-state index contributed by atoms with van der Waals surface area (Å²) < 4.78 is 0. The molecule has 0 saturated heterocycles. The second kappa shape index (κ2) is 9.36. The Balaban J connectivity index is 0.000000235. The number of rotatable bonds is 3. The fourth-order valence-corrected chi connectivity index (χ4v) is 1.46. The topological polar surface area (TPSA) is 105 Å². The molecule has 0 unspecified atom stereocenters. The van der Waals surface area contributed by atoms with E-state index < -0.39 is 0 Å². The van der Waals surface area contributed by atoms with Crippen LogP contribution in [0.4, 0.5) is 0 Å². The van der Waals surface area contributed by atoms with Crippen molar-refractivity contribution in [2.24, 2.45) is 11.5 Å². The Labute approximate surface area is 129 Å². The van der Waals surface area contributed by atoms with Crippen LogP contribution in [-0.2, 0) is 13.1 Å². The van der Waals surface area contributed by atoms with E-state index in [0.29, 0.717) is 13.1 Å². The largest absolute Gasteiger partial charge is 0.375 e. The van der Waals surface area contributed by atoms with E-state index in [4.69, 9.17) is 16.7 Å². The Kier molecular flexibility index (Phi) is 7.35. The summed E-state index contributed by atoms with van der Waals surface area (Å²) in [4.78, 5) is 8.94. The average molecular weight is 300 g/mol. The highest BCUT2D eigenvalue weighted by molar-refractivity contribution is 7.80. The van der Waals surface area contributed by atoms with Gasteiger partial charge in [-0.1, -0.05) is 0 Å². The van der Waals surface area contributed by atoms with Crippen molar-refractivity contribution in [3.63, 3.8) is 0 Å². The van der Waals surface area contributed by atoms with Crippen LogP contribution in [0.1, 0.15) is 11.1 Å². The number of pyridine rings is 2.